The topological polar surface area (TPSA) is 105 Å². The minimum absolute atomic E-state index is 0. The van der Waals surface area contributed by atoms with Crippen LogP contribution in [0.2, 0.25) is 0 Å². The Hall–Kier alpha value is 0.187. The Morgan fingerprint density at radius 3 is 0.553 bits per heavy atom. The molecule has 0 aromatic rings. The maximum absolute atomic E-state index is 11.2. The summed E-state index contributed by atoms with van der Waals surface area (Å²) in [7, 11) is 0. The zero-order chi connectivity index (χ0) is 59.6. The van der Waals surface area contributed by atoms with Crippen molar-refractivity contribution in [3.63, 3.8) is 0 Å². The molecule has 500 valence electrons. The molecule has 0 aliphatic heterocycles. The number of rotatable bonds is 56. The van der Waals surface area contributed by atoms with Crippen molar-refractivity contribution in [3.8, 4) is 0 Å². The summed E-state index contributed by atoms with van der Waals surface area (Å²) in [5.74, 6) is 1.63. The van der Waals surface area contributed by atoms with Crippen molar-refractivity contribution in [2.24, 2.45) is 0 Å². The van der Waals surface area contributed by atoms with E-state index >= 15 is 0 Å². The van der Waals surface area contributed by atoms with E-state index in [0.29, 0.717) is 75.1 Å². The number of carbonyl (C=O) groups excluding carboxylic acids is 4. The van der Waals surface area contributed by atoms with E-state index in [0.717, 1.165) is 51.4 Å². The summed E-state index contributed by atoms with van der Waals surface area (Å²) in [6, 6.07) is 0. The van der Waals surface area contributed by atoms with Gasteiger partial charge in [-0.05, 0) is 103 Å². The van der Waals surface area contributed by atoms with E-state index in [2.05, 4.69) is 76.3 Å². The van der Waals surface area contributed by atoms with Gasteiger partial charge in [0.05, 0.1) is 26.4 Å². The normalized spacial score (nSPS) is 10.4. The molecule has 0 bridgehead atoms. The number of carbonyl (C=O) groups is 4. The van der Waals surface area contributed by atoms with Crippen LogP contribution < -0.4 is 0 Å². The van der Waals surface area contributed by atoms with Gasteiger partial charge in [0.1, 0.15) is 0 Å². The summed E-state index contributed by atoms with van der Waals surface area (Å²) in [5, 5.41) is 0. The molecule has 0 aromatic carbocycles. The van der Waals surface area contributed by atoms with E-state index in [-0.39, 0.29) is 100 Å². The third-order valence-corrected chi connectivity index (χ3v) is 13.6. The summed E-state index contributed by atoms with van der Waals surface area (Å²) < 4.78 is 19.8. The molecule has 8 nitrogen and oxygen atoms in total. The summed E-state index contributed by atoms with van der Waals surface area (Å²) in [4.78, 5) is 44.8. The molecular weight excluding hydrogens is 1370 g/mol. The molecule has 4 radical (unpaired) electrons. The van der Waals surface area contributed by atoms with Crippen molar-refractivity contribution in [1.82, 2.24) is 0 Å². The number of allylic oxidation sites excluding steroid dienone is 8. The Bertz CT molecular complexity index is 1170. The monoisotopic (exact) mass is 1500 g/mol. The first-order valence-corrected chi connectivity index (χ1v) is 35.1. The zero-order valence-corrected chi connectivity index (χ0v) is 63.8. The van der Waals surface area contributed by atoms with Crippen LogP contribution in [-0.4, -0.2) is 121 Å². The van der Waals surface area contributed by atoms with Crippen LogP contribution in [0.5, 0.6) is 0 Å². The van der Waals surface area contributed by atoms with Crippen LogP contribution in [-0.2, 0) is 88.6 Å². The van der Waals surface area contributed by atoms with Crippen LogP contribution in [0.3, 0.4) is 0 Å². The molecule has 15 heteroatoms. The zero-order valence-electron chi connectivity index (χ0n) is 53.8. The van der Waals surface area contributed by atoms with Crippen LogP contribution in [0.1, 0.15) is 325 Å². The molecule has 0 aromatic heterocycles. The predicted octanol–water partition coefficient (Wildman–Crippen LogP) is 20.4. The van der Waals surface area contributed by atoms with Gasteiger partial charge in [-0.2, -0.15) is 13.5 Å². The van der Waals surface area contributed by atoms with Gasteiger partial charge < -0.3 is 69.5 Å². The summed E-state index contributed by atoms with van der Waals surface area (Å²) in [6.45, 7) is 10.5. The molecule has 0 spiro atoms. The van der Waals surface area contributed by atoms with Gasteiger partial charge in [0, 0.05) is 25.7 Å². The van der Waals surface area contributed by atoms with Crippen molar-refractivity contribution in [3.05, 3.63) is 48.6 Å². The molecule has 0 N–H and O–H groups in total. The number of esters is 4. The first-order chi connectivity index (χ1) is 39.2. The molecule has 0 atom stereocenters. The molecule has 0 aliphatic carbocycles. The van der Waals surface area contributed by atoms with Gasteiger partial charge in [-0.25, -0.2) is 0 Å². The van der Waals surface area contributed by atoms with Gasteiger partial charge >= 0.3 is 71.7 Å². The first-order valence-electron chi connectivity index (χ1n) is 32.8. The Morgan fingerprint density at radius 2 is 0.400 bits per heavy atom. The van der Waals surface area contributed by atoms with Crippen LogP contribution >= 0.6 is 13.5 Å². The van der Waals surface area contributed by atoms with E-state index < -0.39 is 0 Å². The summed E-state index contributed by atoms with van der Waals surface area (Å²) >= 11 is 18.9. The average Bonchev–Trinajstić information content (AvgIpc) is 3.46. The molecule has 0 heterocycles. The number of unbranched alkanes of at least 4 members (excludes halogenated alkanes) is 32. The van der Waals surface area contributed by atoms with E-state index in [4.69, 9.17) is 69.5 Å². The Kier molecular flexibility index (Phi) is 123. The molecule has 0 saturated heterocycles. The Balaban J connectivity index is -0.000000127. The second-order valence-electron chi connectivity index (χ2n) is 20.8. The van der Waals surface area contributed by atoms with Crippen LogP contribution in [0.4, 0.5) is 0 Å². The van der Waals surface area contributed by atoms with E-state index in [9.17, 15) is 19.2 Å². The maximum atomic E-state index is 11.2. The molecule has 85 heavy (non-hydrogen) atoms. The van der Waals surface area contributed by atoms with E-state index in [1.54, 1.807) is 0 Å². The minimum Gasteiger partial charge on any atom is -0.789 e. The van der Waals surface area contributed by atoms with Gasteiger partial charge in [-0.3, -0.25) is 19.2 Å². The van der Waals surface area contributed by atoms with Crippen molar-refractivity contribution in [1.29, 1.82) is 0 Å². The Morgan fingerprint density at radius 1 is 0.259 bits per heavy atom. The fourth-order valence-corrected chi connectivity index (χ4v) is 8.43. The Labute approximate surface area is 591 Å². The molecule has 0 aliphatic rings. The third kappa shape index (κ3) is 109. The van der Waals surface area contributed by atoms with Crippen LogP contribution in [0, 0.1) is 0 Å². The van der Waals surface area contributed by atoms with E-state index in [1.807, 2.05) is 0 Å². The quantitative estimate of drug-likeness (QED) is 0.0145. The fraction of sp³-hybridized carbons (Fsp3) is 0.829. The fourth-order valence-electron chi connectivity index (χ4n) is 8.10. The maximum Gasteiger partial charge on any atom is 2.00 e. The van der Waals surface area contributed by atoms with Gasteiger partial charge in [0.15, 0.2) is 0 Å². The predicted molar refractivity (Wildman–Crippen MR) is 391 cm³/mol. The SMILES string of the molecule is C.C.CCCC/C=C/CCCCCCCCC(=O)OCC[S-].CCCC/C=C/CCCCCCCCC(=O)OCC[S-].CCCC/C=C/CCCCCCCCC(=O)OCC[S-].CCCC/C=C/CCCCCCCCC(=O)OCC[S-].S.[Sn+2].[Sn+2]. The van der Waals surface area contributed by atoms with Crippen LogP contribution in [0.25, 0.3) is 0 Å². The molecule has 0 fully saturated rings. The third-order valence-electron chi connectivity index (χ3n) is 13.0. The van der Waals surface area contributed by atoms with Gasteiger partial charge in [0.25, 0.3) is 0 Å². The molecular formula is C70H134O8S5Sn2. The number of hydrogen-bond donors (Lipinski definition) is 0. The summed E-state index contributed by atoms with van der Waals surface area (Å²) in [5.41, 5.74) is 0. The number of hydrogen-bond acceptors (Lipinski definition) is 12. The van der Waals surface area contributed by atoms with Crippen LogP contribution in [0.15, 0.2) is 48.6 Å². The van der Waals surface area contributed by atoms with Gasteiger partial charge in [0.2, 0.25) is 0 Å². The second-order valence-corrected chi connectivity index (χ2v) is 22.4. The standard InChI is InChI=1S/4C17H32O2S.2CH4.H2S.2Sn/c4*1-2-3-4-5-6-7-8-9-10-11-12-13-14-17(18)19-15-16-20;;;;;/h4*5-6,20H,2-4,7-16H2,1H3;2*1H4;1H2;;/q;;;;;;;2*+2/p-4/b4*6-5+;;;;;. The van der Waals surface area contributed by atoms with E-state index in [1.165, 1.54) is 205 Å². The van der Waals surface area contributed by atoms with Crippen molar-refractivity contribution in [2.75, 3.05) is 49.4 Å². The molecule has 0 amide bonds. The minimum atomic E-state index is -0.0907. The van der Waals surface area contributed by atoms with Crippen molar-refractivity contribution in [2.45, 2.75) is 325 Å². The first kappa shape index (κ1) is 104. The number of ether oxygens (including phenoxy) is 4. The molecule has 0 saturated carbocycles. The largest absolute Gasteiger partial charge is 2.00 e. The smallest absolute Gasteiger partial charge is 0.789 e. The van der Waals surface area contributed by atoms with Crippen molar-refractivity contribution >= 4 is 136 Å². The van der Waals surface area contributed by atoms with Gasteiger partial charge in [-0.15, -0.1) is 23.0 Å². The van der Waals surface area contributed by atoms with Gasteiger partial charge in [-0.1, -0.05) is 245 Å². The summed E-state index contributed by atoms with van der Waals surface area (Å²) in [6.07, 6.45) is 69.7. The molecule has 0 rings (SSSR count). The average molecular weight is 1500 g/mol. The molecule has 0 unspecified atom stereocenters. The second kappa shape index (κ2) is 100. The van der Waals surface area contributed by atoms with Crippen molar-refractivity contribution < 1.29 is 38.1 Å².